The molecule has 0 spiro atoms. The Balaban J connectivity index is 2.30. The van der Waals surface area contributed by atoms with Gasteiger partial charge in [-0.1, -0.05) is 30.7 Å². The Morgan fingerprint density at radius 1 is 1.40 bits per heavy atom. The standard InChI is InChI=1S/C16H25ClN2O/c1-4-16(2,19-8-10-20-11-9-19)15(18-3)13-6-5-7-14(17)12-13/h5-7,12,15,18H,4,8-11H2,1-3H3. The van der Waals surface area contributed by atoms with Gasteiger partial charge in [0.05, 0.1) is 19.3 Å². The van der Waals surface area contributed by atoms with Gasteiger partial charge in [0, 0.05) is 23.7 Å². The number of ether oxygens (including phenoxy) is 1. The van der Waals surface area contributed by atoms with Crippen molar-refractivity contribution in [2.75, 3.05) is 33.4 Å². The maximum absolute atomic E-state index is 6.16. The van der Waals surface area contributed by atoms with Gasteiger partial charge in [0.15, 0.2) is 0 Å². The Morgan fingerprint density at radius 3 is 2.65 bits per heavy atom. The molecule has 1 aliphatic heterocycles. The van der Waals surface area contributed by atoms with Crippen LogP contribution in [0.5, 0.6) is 0 Å². The van der Waals surface area contributed by atoms with Gasteiger partial charge in [0.25, 0.3) is 0 Å². The monoisotopic (exact) mass is 296 g/mol. The van der Waals surface area contributed by atoms with Crippen molar-refractivity contribution in [3.63, 3.8) is 0 Å². The molecule has 0 aliphatic carbocycles. The van der Waals surface area contributed by atoms with E-state index in [0.29, 0.717) is 0 Å². The third kappa shape index (κ3) is 3.17. The Morgan fingerprint density at radius 2 is 2.10 bits per heavy atom. The van der Waals surface area contributed by atoms with Gasteiger partial charge < -0.3 is 10.1 Å². The second-order valence-electron chi connectivity index (χ2n) is 5.59. The van der Waals surface area contributed by atoms with E-state index in [4.69, 9.17) is 16.3 Å². The van der Waals surface area contributed by atoms with Gasteiger partial charge in [-0.25, -0.2) is 0 Å². The Hall–Kier alpha value is -0.610. The van der Waals surface area contributed by atoms with Crippen LogP contribution in [0.4, 0.5) is 0 Å². The zero-order chi connectivity index (χ0) is 14.6. The van der Waals surface area contributed by atoms with Crippen LogP contribution in [0.15, 0.2) is 24.3 Å². The fraction of sp³-hybridized carbons (Fsp3) is 0.625. The molecule has 0 radical (unpaired) electrons. The van der Waals surface area contributed by atoms with Crippen molar-refractivity contribution in [3.05, 3.63) is 34.9 Å². The van der Waals surface area contributed by atoms with Gasteiger partial charge >= 0.3 is 0 Å². The molecule has 1 aliphatic rings. The van der Waals surface area contributed by atoms with Crippen molar-refractivity contribution in [1.82, 2.24) is 10.2 Å². The van der Waals surface area contributed by atoms with Crippen molar-refractivity contribution >= 4 is 11.6 Å². The topological polar surface area (TPSA) is 24.5 Å². The van der Waals surface area contributed by atoms with Crippen LogP contribution in [0.1, 0.15) is 31.9 Å². The molecule has 1 fully saturated rings. The molecule has 1 saturated heterocycles. The Kier molecular flexibility index (Phi) is 5.44. The summed E-state index contributed by atoms with van der Waals surface area (Å²) in [7, 11) is 2.03. The maximum Gasteiger partial charge on any atom is 0.0594 e. The van der Waals surface area contributed by atoms with Crippen LogP contribution in [0.3, 0.4) is 0 Å². The molecule has 2 rings (SSSR count). The van der Waals surface area contributed by atoms with Crippen molar-refractivity contribution in [2.45, 2.75) is 31.8 Å². The average Bonchev–Trinajstić information content (AvgIpc) is 2.48. The number of benzene rings is 1. The van der Waals surface area contributed by atoms with Crippen molar-refractivity contribution in [2.24, 2.45) is 0 Å². The first-order valence-corrected chi connectivity index (χ1v) is 7.75. The second-order valence-corrected chi connectivity index (χ2v) is 6.02. The van der Waals surface area contributed by atoms with E-state index in [9.17, 15) is 0 Å². The summed E-state index contributed by atoms with van der Waals surface area (Å²) in [6.07, 6.45) is 1.07. The first-order chi connectivity index (χ1) is 9.61. The van der Waals surface area contributed by atoms with Crippen molar-refractivity contribution in [1.29, 1.82) is 0 Å². The summed E-state index contributed by atoms with van der Waals surface area (Å²) in [5.74, 6) is 0. The summed E-state index contributed by atoms with van der Waals surface area (Å²) in [6, 6.07) is 8.43. The second kappa shape index (κ2) is 6.90. The van der Waals surface area contributed by atoms with Gasteiger partial charge in [0.2, 0.25) is 0 Å². The van der Waals surface area contributed by atoms with Crippen LogP contribution in [-0.4, -0.2) is 43.8 Å². The van der Waals surface area contributed by atoms with E-state index in [1.807, 2.05) is 19.2 Å². The van der Waals surface area contributed by atoms with Crippen LogP contribution in [0, 0.1) is 0 Å². The van der Waals surface area contributed by atoms with Crippen molar-refractivity contribution in [3.8, 4) is 0 Å². The highest BCUT2D eigenvalue weighted by Crippen LogP contribution is 2.35. The molecule has 4 heteroatoms. The molecule has 3 nitrogen and oxygen atoms in total. The molecule has 1 N–H and O–H groups in total. The number of morpholine rings is 1. The quantitative estimate of drug-likeness (QED) is 0.903. The summed E-state index contributed by atoms with van der Waals surface area (Å²) < 4.78 is 5.49. The number of halogens is 1. The largest absolute Gasteiger partial charge is 0.379 e. The lowest BCUT2D eigenvalue weighted by atomic mass is 9.82. The first-order valence-electron chi connectivity index (χ1n) is 7.37. The van der Waals surface area contributed by atoms with E-state index < -0.39 is 0 Å². The third-order valence-corrected chi connectivity index (χ3v) is 4.78. The van der Waals surface area contributed by atoms with Crippen LogP contribution < -0.4 is 5.32 Å². The minimum absolute atomic E-state index is 0.0587. The lowest BCUT2D eigenvalue weighted by Gasteiger charge is -2.48. The molecule has 1 heterocycles. The maximum atomic E-state index is 6.16. The Labute approximate surface area is 127 Å². The SMILES string of the molecule is CCC(C)(C(NC)c1cccc(Cl)c1)N1CCOCC1. The average molecular weight is 297 g/mol. The molecule has 2 unspecified atom stereocenters. The van der Waals surface area contributed by atoms with Gasteiger partial charge in [-0.3, -0.25) is 4.90 Å². The van der Waals surface area contributed by atoms with E-state index in [0.717, 1.165) is 37.7 Å². The highest BCUT2D eigenvalue weighted by molar-refractivity contribution is 6.30. The number of nitrogens with zero attached hydrogens (tertiary/aromatic N) is 1. The summed E-state index contributed by atoms with van der Waals surface area (Å²) in [6.45, 7) is 8.21. The summed E-state index contributed by atoms with van der Waals surface area (Å²) in [5, 5.41) is 4.29. The smallest absolute Gasteiger partial charge is 0.0594 e. The molecule has 20 heavy (non-hydrogen) atoms. The molecule has 0 amide bonds. The predicted octanol–water partition coefficient (Wildman–Crippen LogP) is 3.10. The van der Waals surface area contributed by atoms with Crippen molar-refractivity contribution < 1.29 is 4.74 Å². The molecular weight excluding hydrogens is 272 g/mol. The van der Waals surface area contributed by atoms with Gasteiger partial charge in [-0.05, 0) is 38.1 Å². The lowest BCUT2D eigenvalue weighted by molar-refractivity contribution is -0.0319. The number of hydrogen-bond donors (Lipinski definition) is 1. The zero-order valence-electron chi connectivity index (χ0n) is 12.7. The lowest BCUT2D eigenvalue weighted by Crippen LogP contribution is -2.57. The third-order valence-electron chi connectivity index (χ3n) is 4.54. The summed E-state index contributed by atoms with van der Waals surface area (Å²) >= 11 is 6.16. The van der Waals surface area contributed by atoms with E-state index in [2.05, 4.69) is 36.2 Å². The number of likely N-dealkylation sites (N-methyl/N-ethyl adjacent to an activating group) is 1. The molecule has 0 bridgehead atoms. The minimum Gasteiger partial charge on any atom is -0.379 e. The summed E-state index contributed by atoms with van der Waals surface area (Å²) in [4.78, 5) is 2.54. The van der Waals surface area contributed by atoms with E-state index in [1.54, 1.807) is 0 Å². The highest BCUT2D eigenvalue weighted by Gasteiger charge is 2.39. The van der Waals surface area contributed by atoms with E-state index in [1.165, 1.54) is 5.56 Å². The fourth-order valence-electron chi connectivity index (χ4n) is 3.21. The molecule has 0 aromatic heterocycles. The molecule has 1 aromatic rings. The molecular formula is C16H25ClN2O. The molecule has 112 valence electrons. The van der Waals surface area contributed by atoms with Crippen LogP contribution in [-0.2, 0) is 4.74 Å². The molecule has 1 aromatic carbocycles. The van der Waals surface area contributed by atoms with E-state index >= 15 is 0 Å². The zero-order valence-corrected chi connectivity index (χ0v) is 13.4. The Bertz CT molecular complexity index is 434. The number of nitrogens with one attached hydrogen (secondary N) is 1. The van der Waals surface area contributed by atoms with Gasteiger partial charge in [-0.15, -0.1) is 0 Å². The molecule has 0 saturated carbocycles. The first kappa shape index (κ1) is 15.8. The number of hydrogen-bond acceptors (Lipinski definition) is 3. The van der Waals surface area contributed by atoms with Gasteiger partial charge in [-0.2, -0.15) is 0 Å². The predicted molar refractivity (Wildman–Crippen MR) is 84.3 cm³/mol. The minimum atomic E-state index is 0.0587. The number of rotatable bonds is 5. The van der Waals surface area contributed by atoms with Crippen LogP contribution >= 0.6 is 11.6 Å². The summed E-state index contributed by atoms with van der Waals surface area (Å²) in [5.41, 5.74) is 1.30. The molecule has 2 atom stereocenters. The van der Waals surface area contributed by atoms with Crippen LogP contribution in [0.2, 0.25) is 5.02 Å². The highest BCUT2D eigenvalue weighted by atomic mass is 35.5. The fourth-order valence-corrected chi connectivity index (χ4v) is 3.41. The van der Waals surface area contributed by atoms with E-state index in [-0.39, 0.29) is 11.6 Å². The van der Waals surface area contributed by atoms with Gasteiger partial charge in [0.1, 0.15) is 0 Å². The normalized spacial score (nSPS) is 21.4. The van der Waals surface area contributed by atoms with Crippen LogP contribution in [0.25, 0.3) is 0 Å².